The lowest BCUT2D eigenvalue weighted by molar-refractivity contribution is -0.141. The van der Waals surface area contributed by atoms with Crippen molar-refractivity contribution in [2.45, 2.75) is 31.6 Å². The van der Waals surface area contributed by atoms with Crippen LogP contribution in [0.25, 0.3) is 0 Å². The highest BCUT2D eigenvalue weighted by molar-refractivity contribution is 5.43. The molecule has 3 rings (SSSR count). The van der Waals surface area contributed by atoms with Gasteiger partial charge in [-0.25, -0.2) is 9.97 Å². The summed E-state index contributed by atoms with van der Waals surface area (Å²) in [7, 11) is 4.95. The fraction of sp³-hybridized carbons (Fsp3) is 0.500. The molecule has 2 heterocycles. The summed E-state index contributed by atoms with van der Waals surface area (Å²) >= 11 is 0. The van der Waals surface area contributed by atoms with E-state index in [-0.39, 0.29) is 12.0 Å². The Hall–Kier alpha value is -2.55. The summed E-state index contributed by atoms with van der Waals surface area (Å²) in [6, 6.07) is 6.74. The fourth-order valence-electron chi connectivity index (χ4n) is 3.57. The van der Waals surface area contributed by atoms with Gasteiger partial charge in [-0.1, -0.05) is 6.07 Å². The highest BCUT2D eigenvalue weighted by Gasteiger charge is 2.34. The minimum atomic E-state index is -4.48. The Balaban J connectivity index is 1.69. The maximum Gasteiger partial charge on any atom is 0.433 e. The standard InChI is InChI=1S/C20H25F3N4O2/c1-26(19-24-9-8-18(25-19)20(21,22)23)15-5-4-10-27(13-15)12-14-6-7-16(28-2)17(11-14)29-3/h6-9,11,15H,4-5,10,12-13H2,1-3H3. The smallest absolute Gasteiger partial charge is 0.433 e. The summed E-state index contributed by atoms with van der Waals surface area (Å²) in [4.78, 5) is 11.8. The van der Waals surface area contributed by atoms with E-state index in [9.17, 15) is 13.2 Å². The Bertz CT molecular complexity index is 832. The molecule has 158 valence electrons. The fourth-order valence-corrected chi connectivity index (χ4v) is 3.57. The van der Waals surface area contributed by atoms with Crippen LogP contribution in [0.5, 0.6) is 11.5 Å². The van der Waals surface area contributed by atoms with Crippen molar-refractivity contribution in [3.63, 3.8) is 0 Å². The Kier molecular flexibility index (Phi) is 6.46. The van der Waals surface area contributed by atoms with Crippen LogP contribution in [0, 0.1) is 0 Å². The zero-order chi connectivity index (χ0) is 21.0. The van der Waals surface area contributed by atoms with Crippen molar-refractivity contribution in [1.82, 2.24) is 14.9 Å². The number of likely N-dealkylation sites (tertiary alicyclic amines) is 1. The second kappa shape index (κ2) is 8.86. The average Bonchev–Trinajstić information content (AvgIpc) is 2.72. The first-order chi connectivity index (χ1) is 13.8. The zero-order valence-corrected chi connectivity index (χ0v) is 16.7. The molecule has 0 spiro atoms. The molecular formula is C20H25F3N4O2. The SMILES string of the molecule is COc1ccc(CN2CCCC(N(C)c3nccc(C(F)(F)F)n3)C2)cc1OC. The Morgan fingerprint density at radius 2 is 1.93 bits per heavy atom. The number of nitrogens with zero attached hydrogens (tertiary/aromatic N) is 4. The maximum absolute atomic E-state index is 13.0. The van der Waals surface area contributed by atoms with Crippen molar-refractivity contribution in [2.24, 2.45) is 0 Å². The number of hydrogen-bond donors (Lipinski definition) is 0. The number of benzene rings is 1. The molecule has 0 aliphatic carbocycles. The van der Waals surface area contributed by atoms with Gasteiger partial charge in [0.25, 0.3) is 0 Å². The molecular weight excluding hydrogens is 385 g/mol. The third-order valence-electron chi connectivity index (χ3n) is 5.13. The molecule has 0 radical (unpaired) electrons. The number of piperidine rings is 1. The number of aromatic nitrogens is 2. The van der Waals surface area contributed by atoms with Gasteiger partial charge in [-0.3, -0.25) is 4.90 Å². The minimum absolute atomic E-state index is 0.0346. The molecule has 2 aromatic rings. The summed E-state index contributed by atoms with van der Waals surface area (Å²) in [5, 5.41) is 0. The van der Waals surface area contributed by atoms with E-state index >= 15 is 0 Å². The maximum atomic E-state index is 13.0. The van der Waals surface area contributed by atoms with Gasteiger partial charge in [-0.05, 0) is 43.1 Å². The molecule has 1 aliphatic rings. The normalized spacial score (nSPS) is 17.8. The Morgan fingerprint density at radius 1 is 1.17 bits per heavy atom. The molecule has 29 heavy (non-hydrogen) atoms. The second-order valence-corrected chi connectivity index (χ2v) is 7.07. The third kappa shape index (κ3) is 5.09. The summed E-state index contributed by atoms with van der Waals surface area (Å²) in [6.07, 6.45) is -1.50. The van der Waals surface area contributed by atoms with Crippen LogP contribution in [0.4, 0.5) is 19.1 Å². The minimum Gasteiger partial charge on any atom is -0.493 e. The molecule has 1 atom stereocenters. The molecule has 0 saturated carbocycles. The number of rotatable bonds is 6. The van der Waals surface area contributed by atoms with E-state index in [0.29, 0.717) is 24.6 Å². The lowest BCUT2D eigenvalue weighted by Gasteiger charge is -2.37. The second-order valence-electron chi connectivity index (χ2n) is 7.07. The molecule has 1 aromatic carbocycles. The predicted molar refractivity (Wildman–Crippen MR) is 103 cm³/mol. The number of alkyl halides is 3. The van der Waals surface area contributed by atoms with Gasteiger partial charge in [0.2, 0.25) is 5.95 Å². The van der Waals surface area contributed by atoms with Crippen molar-refractivity contribution in [3.8, 4) is 11.5 Å². The highest BCUT2D eigenvalue weighted by Crippen LogP contribution is 2.30. The third-order valence-corrected chi connectivity index (χ3v) is 5.13. The summed E-state index contributed by atoms with van der Waals surface area (Å²) in [5.41, 5.74) is 0.161. The first-order valence-electron chi connectivity index (χ1n) is 9.38. The van der Waals surface area contributed by atoms with Crippen LogP contribution in [0.3, 0.4) is 0 Å². The molecule has 1 unspecified atom stereocenters. The van der Waals surface area contributed by atoms with E-state index in [4.69, 9.17) is 9.47 Å². The van der Waals surface area contributed by atoms with Crippen LogP contribution >= 0.6 is 0 Å². The summed E-state index contributed by atoms with van der Waals surface area (Å²) in [6.45, 7) is 2.35. The number of ether oxygens (including phenoxy) is 2. The molecule has 9 heteroatoms. The van der Waals surface area contributed by atoms with Crippen molar-refractivity contribution in [1.29, 1.82) is 0 Å². The predicted octanol–water partition coefficient (Wildman–Crippen LogP) is 3.61. The van der Waals surface area contributed by atoms with Gasteiger partial charge < -0.3 is 14.4 Å². The van der Waals surface area contributed by atoms with E-state index in [1.807, 2.05) is 18.2 Å². The molecule has 1 saturated heterocycles. The van der Waals surface area contributed by atoms with Gasteiger partial charge in [0.05, 0.1) is 14.2 Å². The molecule has 1 aromatic heterocycles. The van der Waals surface area contributed by atoms with Crippen LogP contribution in [-0.4, -0.2) is 55.3 Å². The quantitative estimate of drug-likeness (QED) is 0.725. The number of anilines is 1. The molecule has 1 fully saturated rings. The van der Waals surface area contributed by atoms with E-state index in [1.165, 1.54) is 0 Å². The van der Waals surface area contributed by atoms with Crippen molar-refractivity contribution in [3.05, 3.63) is 41.7 Å². The topological polar surface area (TPSA) is 50.7 Å². The van der Waals surface area contributed by atoms with Crippen LogP contribution in [-0.2, 0) is 12.7 Å². The van der Waals surface area contributed by atoms with E-state index < -0.39 is 11.9 Å². The first kappa shape index (κ1) is 21.2. The first-order valence-corrected chi connectivity index (χ1v) is 9.38. The van der Waals surface area contributed by atoms with Gasteiger partial charge >= 0.3 is 6.18 Å². The summed E-state index contributed by atoms with van der Waals surface area (Å²) < 4.78 is 49.5. The van der Waals surface area contributed by atoms with Gasteiger partial charge in [0, 0.05) is 32.4 Å². The van der Waals surface area contributed by atoms with Gasteiger partial charge in [-0.15, -0.1) is 0 Å². The highest BCUT2D eigenvalue weighted by atomic mass is 19.4. The number of methoxy groups -OCH3 is 2. The molecule has 6 nitrogen and oxygen atoms in total. The Morgan fingerprint density at radius 3 is 2.62 bits per heavy atom. The zero-order valence-electron chi connectivity index (χ0n) is 16.7. The van der Waals surface area contributed by atoms with Crippen LogP contribution < -0.4 is 14.4 Å². The Labute approximate surface area is 168 Å². The van der Waals surface area contributed by atoms with Crippen LogP contribution in [0.1, 0.15) is 24.1 Å². The summed E-state index contributed by atoms with van der Waals surface area (Å²) in [5.74, 6) is 1.44. The van der Waals surface area contributed by atoms with E-state index in [1.54, 1.807) is 26.2 Å². The lowest BCUT2D eigenvalue weighted by Crippen LogP contribution is -2.46. The van der Waals surface area contributed by atoms with Gasteiger partial charge in [0.15, 0.2) is 11.5 Å². The van der Waals surface area contributed by atoms with Crippen molar-refractivity contribution >= 4 is 5.95 Å². The van der Waals surface area contributed by atoms with Crippen LogP contribution in [0.2, 0.25) is 0 Å². The van der Waals surface area contributed by atoms with E-state index in [2.05, 4.69) is 14.9 Å². The van der Waals surface area contributed by atoms with E-state index in [0.717, 1.165) is 37.2 Å². The van der Waals surface area contributed by atoms with Gasteiger partial charge in [-0.2, -0.15) is 13.2 Å². The van der Waals surface area contributed by atoms with Crippen LogP contribution in [0.15, 0.2) is 30.5 Å². The molecule has 0 amide bonds. The van der Waals surface area contributed by atoms with Gasteiger partial charge in [0.1, 0.15) is 5.69 Å². The lowest BCUT2D eigenvalue weighted by atomic mass is 10.0. The molecule has 1 aliphatic heterocycles. The van der Waals surface area contributed by atoms with Crippen molar-refractivity contribution in [2.75, 3.05) is 39.3 Å². The monoisotopic (exact) mass is 410 g/mol. The van der Waals surface area contributed by atoms with Crippen molar-refractivity contribution < 1.29 is 22.6 Å². The molecule has 0 bridgehead atoms. The number of halogens is 3. The average molecular weight is 410 g/mol. The largest absolute Gasteiger partial charge is 0.493 e. The number of likely N-dealkylation sites (N-methyl/N-ethyl adjacent to an activating group) is 1. The molecule has 0 N–H and O–H groups in total. The number of hydrogen-bond acceptors (Lipinski definition) is 6.